The Hall–Kier alpha value is -2.96. The Labute approximate surface area is 182 Å². The molecule has 0 fully saturated rings. The number of nitrogens with zero attached hydrogens (tertiary/aromatic N) is 3. The van der Waals surface area contributed by atoms with Crippen LogP contribution >= 0.6 is 0 Å². The summed E-state index contributed by atoms with van der Waals surface area (Å²) in [5, 5.41) is 7.32. The van der Waals surface area contributed by atoms with Crippen molar-refractivity contribution in [3.05, 3.63) is 67.8 Å². The molecule has 0 radical (unpaired) electrons. The van der Waals surface area contributed by atoms with Crippen LogP contribution in [0, 0.1) is 24.6 Å². The monoisotopic (exact) mass is 469 g/mol. The van der Waals surface area contributed by atoms with Crippen molar-refractivity contribution in [1.29, 1.82) is 5.26 Å². The second kappa shape index (κ2) is 30.8. The number of halogens is 4. The fourth-order valence-corrected chi connectivity index (χ4v) is 1.06. The SMILES string of the molecule is CC#N.COc1cccc(C[C-]=O)n1.F[B-](F)(F)F.[C-]#[O+].[C-]#[O+].[Fe+2].c1ccncc1. The molecule has 0 spiro atoms. The van der Waals surface area contributed by atoms with Crippen molar-refractivity contribution in [3.8, 4) is 11.9 Å². The maximum atomic E-state index is 9.97. The Bertz CT molecular complexity index is 661. The van der Waals surface area contributed by atoms with Crippen molar-refractivity contribution in [2.45, 2.75) is 13.3 Å². The third-order valence-electron chi connectivity index (χ3n) is 1.81. The van der Waals surface area contributed by atoms with Crippen LogP contribution in [-0.2, 0) is 37.6 Å². The molecule has 2 rings (SSSR count). The predicted molar refractivity (Wildman–Crippen MR) is 93.8 cm³/mol. The topological polar surface area (TPSA) is 116 Å². The summed E-state index contributed by atoms with van der Waals surface area (Å²) >= 11 is 0. The van der Waals surface area contributed by atoms with Crippen LogP contribution < -0.4 is 4.74 Å². The van der Waals surface area contributed by atoms with Crippen LogP contribution in [-0.4, -0.2) is 30.6 Å². The first-order chi connectivity index (χ1) is 13.8. The van der Waals surface area contributed by atoms with Gasteiger partial charge in [-0.15, -0.1) is 6.42 Å². The van der Waals surface area contributed by atoms with Gasteiger partial charge in [-0.3, -0.25) is 11.3 Å². The molecular weight excluding hydrogens is 453 g/mol. The van der Waals surface area contributed by atoms with Crippen LogP contribution in [0.1, 0.15) is 12.6 Å². The van der Waals surface area contributed by atoms with Gasteiger partial charge in [-0.2, -0.15) is 5.26 Å². The van der Waals surface area contributed by atoms with Crippen LogP contribution in [0.2, 0.25) is 0 Å². The average molecular weight is 469 g/mol. The minimum Gasteiger partial charge on any atom is -0.265 e. The molecule has 0 saturated carbocycles. The van der Waals surface area contributed by atoms with E-state index in [-0.39, 0.29) is 23.5 Å². The molecule has 0 bridgehead atoms. The fraction of sp³-hybridized carbons (Fsp3) is 0.176. The number of pyridine rings is 2. The zero-order valence-corrected chi connectivity index (χ0v) is 16.8. The molecule has 0 aliphatic carbocycles. The Balaban J connectivity index is -0.0000000945. The van der Waals surface area contributed by atoms with E-state index in [9.17, 15) is 22.1 Å². The van der Waals surface area contributed by atoms with Gasteiger partial charge in [0.1, 0.15) is 0 Å². The van der Waals surface area contributed by atoms with E-state index >= 15 is 0 Å². The summed E-state index contributed by atoms with van der Waals surface area (Å²) < 4.78 is 58.9. The van der Waals surface area contributed by atoms with Gasteiger partial charge < -0.3 is 26.8 Å². The van der Waals surface area contributed by atoms with E-state index < -0.39 is 7.25 Å². The van der Waals surface area contributed by atoms with Gasteiger partial charge >= 0.3 is 46.9 Å². The number of methoxy groups -OCH3 is 1. The summed E-state index contributed by atoms with van der Waals surface area (Å²) in [6, 6.07) is 12.7. The minimum absolute atomic E-state index is 0. The van der Waals surface area contributed by atoms with Crippen molar-refractivity contribution in [3.63, 3.8) is 0 Å². The van der Waals surface area contributed by atoms with Crippen LogP contribution in [0.3, 0.4) is 0 Å². The Morgan fingerprint density at radius 2 is 1.53 bits per heavy atom. The number of hydrogen-bond donors (Lipinski definition) is 0. The van der Waals surface area contributed by atoms with Crippen LogP contribution in [0.15, 0.2) is 48.8 Å². The smallest absolute Gasteiger partial charge is 0.265 e. The number of hydrogen-bond acceptors (Lipinski definition) is 5. The molecule has 2 heterocycles. The average Bonchev–Trinajstić information content (AvgIpc) is 2.73. The molecule has 0 amide bonds. The van der Waals surface area contributed by atoms with Gasteiger partial charge in [0.15, 0.2) is 0 Å². The van der Waals surface area contributed by atoms with E-state index in [1.54, 1.807) is 42.9 Å². The number of ether oxygens (including phenoxy) is 1. The normalized spacial score (nSPS) is 7.37. The van der Waals surface area contributed by atoms with Crippen molar-refractivity contribution < 1.29 is 53.2 Å². The first kappa shape index (κ1) is 37.7. The Morgan fingerprint density at radius 3 is 1.80 bits per heavy atom. The van der Waals surface area contributed by atoms with E-state index in [1.165, 1.54) is 14.0 Å². The van der Waals surface area contributed by atoms with Crippen molar-refractivity contribution in [2.24, 2.45) is 0 Å². The van der Waals surface area contributed by atoms with E-state index in [2.05, 4.69) is 23.3 Å². The third-order valence-corrected chi connectivity index (χ3v) is 1.81. The van der Waals surface area contributed by atoms with E-state index in [0.717, 1.165) is 0 Å². The van der Waals surface area contributed by atoms with Crippen LogP contribution in [0.4, 0.5) is 17.3 Å². The zero-order chi connectivity index (χ0) is 23.6. The van der Waals surface area contributed by atoms with Crippen molar-refractivity contribution in [2.75, 3.05) is 7.11 Å². The molecule has 0 unspecified atom stereocenters. The van der Waals surface area contributed by atoms with E-state index in [0.29, 0.717) is 11.6 Å². The van der Waals surface area contributed by atoms with Crippen LogP contribution in [0.5, 0.6) is 5.88 Å². The summed E-state index contributed by atoms with van der Waals surface area (Å²) in [6.45, 7) is 10.4. The predicted octanol–water partition coefficient (Wildman–Crippen LogP) is 3.58. The molecule has 7 nitrogen and oxygen atoms in total. The molecular formula is C17H16BF4FeN3O4. The minimum atomic E-state index is -6.00. The molecule has 13 heteroatoms. The molecule has 162 valence electrons. The fourth-order valence-electron chi connectivity index (χ4n) is 1.06. The molecule has 0 aliphatic heterocycles. The number of aromatic nitrogens is 2. The molecule has 0 atom stereocenters. The Kier molecular flexibility index (Phi) is 38.7. The summed E-state index contributed by atoms with van der Waals surface area (Å²) in [4.78, 5) is 17.7. The molecule has 2 aromatic rings. The second-order valence-corrected chi connectivity index (χ2v) is 3.74. The first-order valence-corrected chi connectivity index (χ1v) is 7.07. The largest absolute Gasteiger partial charge is 2.00 e. The maximum Gasteiger partial charge on any atom is 2.00 e. The van der Waals surface area contributed by atoms with Crippen molar-refractivity contribution in [1.82, 2.24) is 9.97 Å². The second-order valence-electron chi connectivity index (χ2n) is 3.74. The molecule has 0 N–H and O–H groups in total. The maximum absolute atomic E-state index is 9.97. The van der Waals surface area contributed by atoms with Gasteiger partial charge in [-0.25, -0.2) is 4.98 Å². The van der Waals surface area contributed by atoms with Crippen LogP contribution in [0.25, 0.3) is 0 Å². The standard InChI is InChI=1S/C8H8NO2.C5H5N.C2H3N.2CO.BF4.Fe/c1-11-8-4-2-3-7(9-8)5-6-10;1-2-4-6-5-3-1;1-2-3;2*1-2;2-1(3,4)5;/h2-4H,5H2,1H3;1-5H;1H3;;;;/q-1;;;;;-1;+2. The molecule has 30 heavy (non-hydrogen) atoms. The van der Waals surface area contributed by atoms with Gasteiger partial charge in [0.05, 0.1) is 13.2 Å². The number of nitriles is 1. The molecule has 0 aromatic carbocycles. The van der Waals surface area contributed by atoms with Gasteiger partial charge in [-0.05, 0) is 18.2 Å². The third kappa shape index (κ3) is 44.5. The van der Waals surface area contributed by atoms with E-state index in [4.69, 9.17) is 19.3 Å². The summed E-state index contributed by atoms with van der Waals surface area (Å²) in [5.41, 5.74) is 0.680. The van der Waals surface area contributed by atoms with Gasteiger partial charge in [0, 0.05) is 31.1 Å². The molecule has 2 aromatic heterocycles. The molecule has 0 aliphatic rings. The summed E-state index contributed by atoms with van der Waals surface area (Å²) in [7, 11) is -4.46. The van der Waals surface area contributed by atoms with E-state index in [1.807, 2.05) is 18.2 Å². The molecule has 0 saturated heterocycles. The summed E-state index contributed by atoms with van der Waals surface area (Å²) in [6.07, 6.45) is 5.49. The van der Waals surface area contributed by atoms with Crippen molar-refractivity contribution >= 4 is 13.5 Å². The Morgan fingerprint density at radius 1 is 1.10 bits per heavy atom. The number of rotatable bonds is 3. The zero-order valence-electron chi connectivity index (χ0n) is 15.7. The van der Waals surface area contributed by atoms with Gasteiger partial charge in [0.25, 0.3) is 0 Å². The summed E-state index contributed by atoms with van der Waals surface area (Å²) in [5.74, 6) is 0.526. The van der Waals surface area contributed by atoms with Gasteiger partial charge in [-0.1, -0.05) is 12.1 Å². The van der Waals surface area contributed by atoms with Gasteiger partial charge in [0.2, 0.25) is 5.88 Å². The number of carbonyl (C=O) groups excluding carboxylic acids is 1. The quantitative estimate of drug-likeness (QED) is 0.295. The first-order valence-electron chi connectivity index (χ1n) is 7.07.